The molecule has 4 unspecified atom stereocenters. The Morgan fingerprint density at radius 2 is 1.90 bits per heavy atom. The first kappa shape index (κ1) is 16.3. The fourth-order valence-corrected chi connectivity index (χ4v) is 4.08. The van der Waals surface area contributed by atoms with E-state index in [1.807, 2.05) is 0 Å². The number of rotatable bonds is 2. The first-order valence-electron chi connectivity index (χ1n) is 7.40. The molecule has 1 aliphatic heterocycles. The summed E-state index contributed by atoms with van der Waals surface area (Å²) in [6.45, 7) is 4.74. The van der Waals surface area contributed by atoms with Gasteiger partial charge >= 0.3 is 0 Å². The molecule has 2 nitrogen and oxygen atoms in total. The number of hydrogen-bond acceptors (Lipinski definition) is 2. The molecular formula is C16H24BrClN2. The van der Waals surface area contributed by atoms with Crippen LogP contribution in [0, 0.1) is 11.8 Å². The molecule has 2 aliphatic rings. The lowest BCUT2D eigenvalue weighted by atomic mass is 9.78. The average Bonchev–Trinajstić information content (AvgIpc) is 2.84. The maximum atomic E-state index is 6.31. The van der Waals surface area contributed by atoms with E-state index in [1.54, 1.807) is 0 Å². The number of likely N-dealkylation sites (tertiary alicyclic amines) is 1. The summed E-state index contributed by atoms with van der Waals surface area (Å²) in [5, 5.41) is 0. The van der Waals surface area contributed by atoms with Crippen molar-refractivity contribution in [3.63, 3.8) is 0 Å². The van der Waals surface area contributed by atoms with Crippen LogP contribution in [-0.2, 0) is 0 Å². The fraction of sp³-hybridized carbons (Fsp3) is 0.625. The second-order valence-electron chi connectivity index (χ2n) is 6.20. The molecule has 112 valence electrons. The van der Waals surface area contributed by atoms with Crippen molar-refractivity contribution in [2.45, 2.75) is 38.3 Å². The quantitative estimate of drug-likeness (QED) is 0.865. The first-order chi connectivity index (χ1) is 9.15. The number of fused-ring (bicyclic) bond motifs is 1. The third-order valence-electron chi connectivity index (χ3n) is 5.08. The summed E-state index contributed by atoms with van der Waals surface area (Å²) in [7, 11) is 0. The summed E-state index contributed by atoms with van der Waals surface area (Å²) in [5.74, 6) is 1.56. The van der Waals surface area contributed by atoms with Gasteiger partial charge in [0.05, 0.1) is 0 Å². The van der Waals surface area contributed by atoms with Crippen molar-refractivity contribution < 1.29 is 0 Å². The van der Waals surface area contributed by atoms with E-state index in [0.29, 0.717) is 12.1 Å². The maximum Gasteiger partial charge on any atom is 0.0320 e. The minimum atomic E-state index is 0. The lowest BCUT2D eigenvalue weighted by Gasteiger charge is -2.30. The molecule has 0 bridgehead atoms. The van der Waals surface area contributed by atoms with E-state index >= 15 is 0 Å². The van der Waals surface area contributed by atoms with Gasteiger partial charge in [-0.2, -0.15) is 0 Å². The van der Waals surface area contributed by atoms with Crippen LogP contribution in [0.5, 0.6) is 0 Å². The molecule has 1 aliphatic carbocycles. The normalized spacial score (nSPS) is 31.4. The van der Waals surface area contributed by atoms with Gasteiger partial charge in [0.2, 0.25) is 0 Å². The third-order valence-corrected chi connectivity index (χ3v) is 5.61. The number of hydrogen-bond donors (Lipinski definition) is 1. The van der Waals surface area contributed by atoms with E-state index in [4.69, 9.17) is 5.73 Å². The predicted octanol–water partition coefficient (Wildman–Crippen LogP) is 3.99. The molecule has 0 aromatic heterocycles. The summed E-state index contributed by atoms with van der Waals surface area (Å²) in [6, 6.07) is 9.68. The van der Waals surface area contributed by atoms with Crippen LogP contribution in [-0.4, -0.2) is 24.0 Å². The highest BCUT2D eigenvalue weighted by Crippen LogP contribution is 2.38. The molecule has 2 N–H and O–H groups in total. The van der Waals surface area contributed by atoms with E-state index in [2.05, 4.69) is 52.0 Å². The van der Waals surface area contributed by atoms with Gasteiger partial charge in [-0.1, -0.05) is 34.5 Å². The summed E-state index contributed by atoms with van der Waals surface area (Å²) in [5.41, 5.74) is 7.72. The highest BCUT2D eigenvalue weighted by molar-refractivity contribution is 9.10. The molecule has 0 spiro atoms. The molecule has 0 amide bonds. The smallest absolute Gasteiger partial charge is 0.0320 e. The van der Waals surface area contributed by atoms with E-state index in [0.717, 1.165) is 16.3 Å². The topological polar surface area (TPSA) is 29.3 Å². The summed E-state index contributed by atoms with van der Waals surface area (Å²) in [4.78, 5) is 2.63. The maximum absolute atomic E-state index is 6.31. The number of nitrogens with two attached hydrogens (primary N) is 1. The van der Waals surface area contributed by atoms with Gasteiger partial charge < -0.3 is 5.73 Å². The van der Waals surface area contributed by atoms with Gasteiger partial charge in [0.15, 0.2) is 0 Å². The largest absolute Gasteiger partial charge is 0.327 e. The van der Waals surface area contributed by atoms with Crippen molar-refractivity contribution in [1.82, 2.24) is 4.90 Å². The lowest BCUT2D eigenvalue weighted by Crippen LogP contribution is -2.38. The fourth-order valence-electron chi connectivity index (χ4n) is 3.82. The Hall–Kier alpha value is -0.0900. The molecule has 20 heavy (non-hydrogen) atoms. The summed E-state index contributed by atoms with van der Waals surface area (Å²) < 4.78 is 1.15. The molecule has 1 saturated carbocycles. The van der Waals surface area contributed by atoms with Crippen LogP contribution in [0.2, 0.25) is 0 Å². The van der Waals surface area contributed by atoms with Crippen LogP contribution >= 0.6 is 28.3 Å². The lowest BCUT2D eigenvalue weighted by molar-refractivity contribution is 0.245. The minimum absolute atomic E-state index is 0. The Morgan fingerprint density at radius 3 is 2.55 bits per heavy atom. The zero-order chi connectivity index (χ0) is 13.4. The van der Waals surface area contributed by atoms with Gasteiger partial charge in [-0.3, -0.25) is 4.90 Å². The molecule has 1 heterocycles. The Labute approximate surface area is 136 Å². The molecule has 1 aromatic carbocycles. The van der Waals surface area contributed by atoms with Crippen molar-refractivity contribution in [2.24, 2.45) is 17.6 Å². The van der Waals surface area contributed by atoms with Crippen LogP contribution in [0.3, 0.4) is 0 Å². The Morgan fingerprint density at radius 1 is 1.20 bits per heavy atom. The van der Waals surface area contributed by atoms with E-state index in [1.165, 1.54) is 37.9 Å². The predicted molar refractivity (Wildman–Crippen MR) is 90.2 cm³/mol. The first-order valence-corrected chi connectivity index (χ1v) is 8.19. The molecular weight excluding hydrogens is 336 g/mol. The van der Waals surface area contributed by atoms with Crippen LogP contribution in [0.15, 0.2) is 28.7 Å². The van der Waals surface area contributed by atoms with E-state index in [-0.39, 0.29) is 12.4 Å². The van der Waals surface area contributed by atoms with Gasteiger partial charge in [-0.05, 0) is 49.3 Å². The van der Waals surface area contributed by atoms with Crippen LogP contribution in [0.4, 0.5) is 0 Å². The second kappa shape index (κ2) is 6.78. The SMILES string of the molecule is CC(c1ccc(Br)cc1)N1CC2CCCC(N)C2C1.Cl. The molecule has 2 fully saturated rings. The van der Waals surface area contributed by atoms with Crippen LogP contribution < -0.4 is 5.73 Å². The number of nitrogens with zero attached hydrogens (tertiary/aromatic N) is 1. The van der Waals surface area contributed by atoms with Crippen molar-refractivity contribution in [2.75, 3.05) is 13.1 Å². The van der Waals surface area contributed by atoms with Gasteiger partial charge in [-0.25, -0.2) is 0 Å². The molecule has 4 heteroatoms. The van der Waals surface area contributed by atoms with Gasteiger partial charge in [0.1, 0.15) is 0 Å². The third kappa shape index (κ3) is 3.22. The minimum Gasteiger partial charge on any atom is -0.327 e. The standard InChI is InChI=1S/C16H23BrN2.ClH/c1-11(12-5-7-14(17)8-6-12)19-9-13-3-2-4-16(18)15(13)10-19;/h5-8,11,13,15-16H,2-4,9-10,18H2,1H3;1H. The van der Waals surface area contributed by atoms with E-state index in [9.17, 15) is 0 Å². The monoisotopic (exact) mass is 358 g/mol. The highest BCUT2D eigenvalue weighted by Gasteiger charge is 2.40. The Balaban J connectivity index is 0.00000147. The number of benzene rings is 1. The molecule has 3 rings (SSSR count). The average molecular weight is 360 g/mol. The zero-order valence-corrected chi connectivity index (χ0v) is 14.4. The molecule has 0 radical (unpaired) electrons. The number of halogens is 2. The van der Waals surface area contributed by atoms with E-state index < -0.39 is 0 Å². The van der Waals surface area contributed by atoms with Crippen molar-refractivity contribution in [3.8, 4) is 0 Å². The summed E-state index contributed by atoms with van der Waals surface area (Å²) in [6.07, 6.45) is 3.92. The molecule has 1 saturated heterocycles. The van der Waals surface area contributed by atoms with Gasteiger partial charge in [-0.15, -0.1) is 12.4 Å². The highest BCUT2D eigenvalue weighted by atomic mass is 79.9. The van der Waals surface area contributed by atoms with Crippen molar-refractivity contribution in [3.05, 3.63) is 34.3 Å². The summed E-state index contributed by atoms with van der Waals surface area (Å²) >= 11 is 3.51. The van der Waals surface area contributed by atoms with Crippen LogP contribution in [0.1, 0.15) is 37.8 Å². The second-order valence-corrected chi connectivity index (χ2v) is 7.12. The molecule has 4 atom stereocenters. The van der Waals surface area contributed by atoms with Crippen LogP contribution in [0.25, 0.3) is 0 Å². The van der Waals surface area contributed by atoms with Gasteiger partial charge in [0.25, 0.3) is 0 Å². The van der Waals surface area contributed by atoms with Gasteiger partial charge in [0, 0.05) is 29.6 Å². The zero-order valence-electron chi connectivity index (χ0n) is 12.0. The Kier molecular flexibility index (Phi) is 5.52. The molecule has 1 aromatic rings. The van der Waals surface area contributed by atoms with Crippen molar-refractivity contribution >= 4 is 28.3 Å². The van der Waals surface area contributed by atoms with Crippen molar-refractivity contribution in [1.29, 1.82) is 0 Å². The Bertz CT molecular complexity index is 437.